The molecular formula is C16H17O. The molecule has 2 rings (SSSR count). The van der Waals surface area contributed by atoms with Gasteiger partial charge in [0.15, 0.2) is 0 Å². The Labute approximate surface area is 102 Å². The zero-order valence-electron chi connectivity index (χ0n) is 10.1. The Balaban J connectivity index is 2.56. The summed E-state index contributed by atoms with van der Waals surface area (Å²) >= 11 is 0. The zero-order chi connectivity index (χ0) is 12.3. The lowest BCUT2D eigenvalue weighted by Crippen LogP contribution is -2.09. The zero-order valence-corrected chi connectivity index (χ0v) is 10.1. The number of carbonyl (C=O) groups excluding carboxylic acids is 1. The average Bonchev–Trinajstić information content (AvgIpc) is 2.35. The second-order valence-corrected chi connectivity index (χ2v) is 4.37. The van der Waals surface area contributed by atoms with Crippen molar-refractivity contribution in [3.8, 4) is 0 Å². The van der Waals surface area contributed by atoms with Gasteiger partial charge in [-0.2, -0.15) is 0 Å². The molecule has 0 spiro atoms. The van der Waals surface area contributed by atoms with Crippen molar-refractivity contribution in [2.75, 3.05) is 0 Å². The van der Waals surface area contributed by atoms with Crippen LogP contribution in [0.15, 0.2) is 42.5 Å². The van der Waals surface area contributed by atoms with E-state index in [0.717, 1.165) is 18.4 Å². The maximum absolute atomic E-state index is 11.8. The molecule has 0 N–H and O–H groups in total. The van der Waals surface area contributed by atoms with E-state index in [4.69, 9.17) is 0 Å². The molecule has 0 aliphatic carbocycles. The summed E-state index contributed by atoms with van der Waals surface area (Å²) < 4.78 is 0. The largest absolute Gasteiger partial charge is 0.299 e. The Kier molecular flexibility index (Phi) is 3.58. The van der Waals surface area contributed by atoms with Crippen LogP contribution in [-0.2, 0) is 4.79 Å². The summed E-state index contributed by atoms with van der Waals surface area (Å²) in [6, 6.07) is 14.4. The maximum atomic E-state index is 11.8. The fourth-order valence-corrected chi connectivity index (χ4v) is 2.34. The lowest BCUT2D eigenvalue weighted by molar-refractivity contribution is -0.118. The molecule has 0 amide bonds. The minimum Gasteiger partial charge on any atom is -0.299 e. The molecule has 0 aromatic heterocycles. The Morgan fingerprint density at radius 1 is 1.18 bits per heavy atom. The van der Waals surface area contributed by atoms with Gasteiger partial charge in [-0.05, 0) is 29.7 Å². The molecule has 0 bridgehead atoms. The van der Waals surface area contributed by atoms with Crippen LogP contribution in [-0.4, -0.2) is 5.78 Å². The minimum atomic E-state index is -0.0152. The van der Waals surface area contributed by atoms with Gasteiger partial charge in [0.05, 0.1) is 0 Å². The Morgan fingerprint density at radius 2 is 1.88 bits per heavy atom. The highest BCUT2D eigenvalue weighted by molar-refractivity contribution is 5.92. The van der Waals surface area contributed by atoms with Crippen LogP contribution in [0.1, 0.15) is 31.2 Å². The predicted molar refractivity (Wildman–Crippen MR) is 72.0 cm³/mol. The SMILES string of the molecule is [CH2]CCC(C(C)=O)c1cccc2ccccc12. The van der Waals surface area contributed by atoms with Gasteiger partial charge in [-0.3, -0.25) is 4.79 Å². The summed E-state index contributed by atoms with van der Waals surface area (Å²) in [6.45, 7) is 5.53. The third kappa shape index (κ3) is 2.38. The number of ketones is 1. The summed E-state index contributed by atoms with van der Waals surface area (Å²) in [5, 5.41) is 2.38. The number of rotatable bonds is 4. The monoisotopic (exact) mass is 225 g/mol. The molecule has 0 saturated heterocycles. The van der Waals surface area contributed by atoms with Crippen LogP contribution in [0, 0.1) is 6.92 Å². The van der Waals surface area contributed by atoms with Crippen LogP contribution in [0.3, 0.4) is 0 Å². The average molecular weight is 225 g/mol. The molecule has 0 aliphatic heterocycles. The summed E-state index contributed by atoms with van der Waals surface area (Å²) in [4.78, 5) is 11.8. The van der Waals surface area contributed by atoms with Gasteiger partial charge in [0.2, 0.25) is 0 Å². The second kappa shape index (κ2) is 5.13. The molecular weight excluding hydrogens is 208 g/mol. The van der Waals surface area contributed by atoms with Crippen LogP contribution in [0.4, 0.5) is 0 Å². The molecule has 1 unspecified atom stereocenters. The van der Waals surface area contributed by atoms with Crippen LogP contribution < -0.4 is 0 Å². The quantitative estimate of drug-likeness (QED) is 0.764. The minimum absolute atomic E-state index is 0.0152. The van der Waals surface area contributed by atoms with Crippen molar-refractivity contribution in [3.05, 3.63) is 55.0 Å². The van der Waals surface area contributed by atoms with E-state index < -0.39 is 0 Å². The second-order valence-electron chi connectivity index (χ2n) is 4.37. The van der Waals surface area contributed by atoms with Gasteiger partial charge in [-0.25, -0.2) is 0 Å². The van der Waals surface area contributed by atoms with Gasteiger partial charge in [-0.1, -0.05) is 55.8 Å². The highest BCUT2D eigenvalue weighted by atomic mass is 16.1. The first-order chi connectivity index (χ1) is 8.24. The number of hydrogen-bond donors (Lipinski definition) is 0. The van der Waals surface area contributed by atoms with E-state index in [1.807, 2.05) is 18.2 Å². The third-order valence-corrected chi connectivity index (χ3v) is 3.18. The first kappa shape index (κ1) is 11.8. The number of Topliss-reactive ketones (excluding diaryl/α,β-unsaturated/α-hetero) is 1. The molecule has 87 valence electrons. The van der Waals surface area contributed by atoms with Gasteiger partial charge in [0.25, 0.3) is 0 Å². The Morgan fingerprint density at radius 3 is 2.59 bits per heavy atom. The molecule has 2 aromatic carbocycles. The number of fused-ring (bicyclic) bond motifs is 1. The highest BCUT2D eigenvalue weighted by Crippen LogP contribution is 2.29. The van der Waals surface area contributed by atoms with Crippen molar-refractivity contribution in [1.29, 1.82) is 0 Å². The fraction of sp³-hybridized carbons (Fsp3) is 0.250. The van der Waals surface area contributed by atoms with Crippen LogP contribution in [0.2, 0.25) is 0 Å². The van der Waals surface area contributed by atoms with Crippen molar-refractivity contribution in [1.82, 2.24) is 0 Å². The van der Waals surface area contributed by atoms with Crippen LogP contribution in [0.5, 0.6) is 0 Å². The summed E-state index contributed by atoms with van der Waals surface area (Å²) in [5.41, 5.74) is 1.14. The van der Waals surface area contributed by atoms with E-state index in [1.54, 1.807) is 6.92 Å². The van der Waals surface area contributed by atoms with Gasteiger partial charge >= 0.3 is 0 Å². The first-order valence-electron chi connectivity index (χ1n) is 6.01. The molecule has 17 heavy (non-hydrogen) atoms. The summed E-state index contributed by atoms with van der Waals surface area (Å²) in [7, 11) is 0. The third-order valence-electron chi connectivity index (χ3n) is 3.18. The standard InChI is InChI=1S/C16H17O/c1-3-7-14(12(2)17)16-11-6-9-13-8-4-5-10-15(13)16/h4-6,8-11,14H,1,3,7H2,2H3. The molecule has 2 aromatic rings. The highest BCUT2D eigenvalue weighted by Gasteiger charge is 2.17. The predicted octanol–water partition coefficient (Wildman–Crippen LogP) is 4.13. The lowest BCUT2D eigenvalue weighted by atomic mass is 9.88. The van der Waals surface area contributed by atoms with Gasteiger partial charge in [-0.15, -0.1) is 0 Å². The number of hydrogen-bond acceptors (Lipinski definition) is 1. The summed E-state index contributed by atoms with van der Waals surface area (Å²) in [6.07, 6.45) is 1.61. The molecule has 0 heterocycles. The topological polar surface area (TPSA) is 17.1 Å². The molecule has 1 radical (unpaired) electrons. The maximum Gasteiger partial charge on any atom is 0.137 e. The van der Waals surface area contributed by atoms with E-state index >= 15 is 0 Å². The van der Waals surface area contributed by atoms with Gasteiger partial charge < -0.3 is 0 Å². The number of benzene rings is 2. The molecule has 1 nitrogen and oxygen atoms in total. The Bertz CT molecular complexity index is 523. The Hall–Kier alpha value is -1.63. The first-order valence-corrected chi connectivity index (χ1v) is 6.01. The summed E-state index contributed by atoms with van der Waals surface area (Å²) in [5.74, 6) is 0.212. The molecule has 0 aliphatic rings. The van der Waals surface area contributed by atoms with E-state index in [1.165, 1.54) is 10.8 Å². The van der Waals surface area contributed by atoms with E-state index in [0.29, 0.717) is 0 Å². The van der Waals surface area contributed by atoms with E-state index in [2.05, 4.69) is 31.2 Å². The lowest BCUT2D eigenvalue weighted by Gasteiger charge is -2.15. The molecule has 0 saturated carbocycles. The van der Waals surface area contributed by atoms with Crippen LogP contribution in [0.25, 0.3) is 10.8 Å². The molecule has 1 heteroatoms. The fourth-order valence-electron chi connectivity index (χ4n) is 2.34. The van der Waals surface area contributed by atoms with Gasteiger partial charge in [0, 0.05) is 5.92 Å². The van der Waals surface area contributed by atoms with E-state index in [9.17, 15) is 4.79 Å². The van der Waals surface area contributed by atoms with Crippen molar-refractivity contribution >= 4 is 16.6 Å². The molecule has 1 atom stereocenters. The van der Waals surface area contributed by atoms with Crippen molar-refractivity contribution in [2.45, 2.75) is 25.7 Å². The van der Waals surface area contributed by atoms with Crippen molar-refractivity contribution in [2.24, 2.45) is 0 Å². The molecule has 0 fully saturated rings. The van der Waals surface area contributed by atoms with Crippen LogP contribution >= 0.6 is 0 Å². The normalized spacial score (nSPS) is 12.6. The van der Waals surface area contributed by atoms with E-state index in [-0.39, 0.29) is 11.7 Å². The van der Waals surface area contributed by atoms with Gasteiger partial charge in [0.1, 0.15) is 5.78 Å². The smallest absolute Gasteiger partial charge is 0.137 e. The number of carbonyl (C=O) groups is 1. The van der Waals surface area contributed by atoms with Crippen molar-refractivity contribution < 1.29 is 4.79 Å². The van der Waals surface area contributed by atoms with Crippen molar-refractivity contribution in [3.63, 3.8) is 0 Å².